The number of hydrogen-bond donors (Lipinski definition) is 1. The van der Waals surface area contributed by atoms with Crippen LogP contribution in [0.5, 0.6) is 0 Å². The highest BCUT2D eigenvalue weighted by Crippen LogP contribution is 2.22. The lowest BCUT2D eigenvalue weighted by Gasteiger charge is -2.33. The molecule has 1 unspecified atom stereocenters. The van der Waals surface area contributed by atoms with Gasteiger partial charge in [-0.25, -0.2) is 0 Å². The molecule has 82 valence electrons. The minimum Gasteiger partial charge on any atom is -0.369 e. The molecule has 1 aliphatic rings. The number of benzene rings is 1. The van der Waals surface area contributed by atoms with Crippen molar-refractivity contribution in [2.24, 2.45) is 0 Å². The molecular weight excluding hydrogens is 204 g/mol. The summed E-state index contributed by atoms with van der Waals surface area (Å²) >= 11 is 1.81. The lowest BCUT2D eigenvalue weighted by atomic mass is 10.2. The second kappa shape index (κ2) is 4.90. The molecule has 0 aromatic heterocycles. The van der Waals surface area contributed by atoms with Crippen molar-refractivity contribution in [2.45, 2.75) is 17.9 Å². The Balaban J connectivity index is 2.13. The van der Waals surface area contributed by atoms with Crippen LogP contribution in [0.2, 0.25) is 0 Å². The van der Waals surface area contributed by atoms with E-state index < -0.39 is 0 Å². The van der Waals surface area contributed by atoms with E-state index in [4.69, 9.17) is 0 Å². The fourth-order valence-corrected chi connectivity index (χ4v) is 2.43. The topological polar surface area (TPSA) is 15.3 Å². The molecule has 0 amide bonds. The summed E-state index contributed by atoms with van der Waals surface area (Å²) in [5.74, 6) is 0. The van der Waals surface area contributed by atoms with Crippen molar-refractivity contribution in [1.82, 2.24) is 5.32 Å². The number of nitrogens with one attached hydrogen (secondary N) is 1. The summed E-state index contributed by atoms with van der Waals surface area (Å²) in [6.07, 6.45) is 2.12. The van der Waals surface area contributed by atoms with Gasteiger partial charge in [0.1, 0.15) is 0 Å². The van der Waals surface area contributed by atoms with Crippen LogP contribution in [0, 0.1) is 0 Å². The Bertz CT molecular complexity index is 327. The molecule has 0 radical (unpaired) electrons. The molecule has 15 heavy (non-hydrogen) atoms. The van der Waals surface area contributed by atoms with Crippen LogP contribution >= 0.6 is 11.8 Å². The van der Waals surface area contributed by atoms with Gasteiger partial charge in [0.2, 0.25) is 0 Å². The largest absolute Gasteiger partial charge is 0.369 e. The molecule has 1 atom stereocenters. The first-order valence-electron chi connectivity index (χ1n) is 5.42. The molecule has 1 aromatic rings. The predicted octanol–water partition coefficient (Wildman–Crippen LogP) is 2.21. The van der Waals surface area contributed by atoms with E-state index in [9.17, 15) is 0 Å². The van der Waals surface area contributed by atoms with Crippen molar-refractivity contribution in [3.63, 3.8) is 0 Å². The molecule has 1 saturated heterocycles. The van der Waals surface area contributed by atoms with Gasteiger partial charge in [0, 0.05) is 36.3 Å². The van der Waals surface area contributed by atoms with Crippen LogP contribution in [0.1, 0.15) is 6.92 Å². The third kappa shape index (κ3) is 2.67. The Morgan fingerprint density at radius 2 is 2.33 bits per heavy atom. The van der Waals surface area contributed by atoms with Gasteiger partial charge in [0.05, 0.1) is 0 Å². The lowest BCUT2D eigenvalue weighted by molar-refractivity contribution is 0.484. The van der Waals surface area contributed by atoms with Gasteiger partial charge in [-0.3, -0.25) is 0 Å². The average molecular weight is 222 g/mol. The Morgan fingerprint density at radius 3 is 3.07 bits per heavy atom. The maximum atomic E-state index is 3.46. The second-order valence-electron chi connectivity index (χ2n) is 4.00. The highest BCUT2D eigenvalue weighted by atomic mass is 32.2. The summed E-state index contributed by atoms with van der Waals surface area (Å²) in [6, 6.07) is 9.39. The number of piperazine rings is 1. The predicted molar refractivity (Wildman–Crippen MR) is 67.9 cm³/mol. The quantitative estimate of drug-likeness (QED) is 0.772. The Labute approximate surface area is 96.0 Å². The van der Waals surface area contributed by atoms with E-state index in [-0.39, 0.29) is 0 Å². The fourth-order valence-electron chi connectivity index (χ4n) is 1.97. The van der Waals surface area contributed by atoms with Crippen molar-refractivity contribution in [2.75, 3.05) is 30.8 Å². The van der Waals surface area contributed by atoms with Gasteiger partial charge in [0.25, 0.3) is 0 Å². The van der Waals surface area contributed by atoms with Gasteiger partial charge < -0.3 is 10.2 Å². The van der Waals surface area contributed by atoms with Crippen LogP contribution in [0.15, 0.2) is 29.2 Å². The van der Waals surface area contributed by atoms with Crippen molar-refractivity contribution in [3.8, 4) is 0 Å². The Hall–Kier alpha value is -0.670. The van der Waals surface area contributed by atoms with E-state index in [1.54, 1.807) is 11.8 Å². The molecule has 1 N–H and O–H groups in total. The molecule has 2 rings (SSSR count). The van der Waals surface area contributed by atoms with Crippen LogP contribution in [-0.2, 0) is 0 Å². The highest BCUT2D eigenvalue weighted by Gasteiger charge is 2.15. The third-order valence-corrected chi connectivity index (χ3v) is 3.51. The SMILES string of the molecule is CSc1cccc(N2CCNC(C)C2)c1. The Morgan fingerprint density at radius 1 is 1.47 bits per heavy atom. The monoisotopic (exact) mass is 222 g/mol. The van der Waals surface area contributed by atoms with Gasteiger partial charge in [-0.05, 0) is 31.4 Å². The molecule has 0 bridgehead atoms. The molecule has 0 saturated carbocycles. The normalized spacial score (nSPS) is 21.7. The van der Waals surface area contributed by atoms with E-state index in [2.05, 4.69) is 47.7 Å². The van der Waals surface area contributed by atoms with Gasteiger partial charge in [-0.2, -0.15) is 0 Å². The molecule has 1 heterocycles. The number of thioether (sulfide) groups is 1. The number of anilines is 1. The van der Waals surface area contributed by atoms with Gasteiger partial charge in [-0.1, -0.05) is 6.07 Å². The van der Waals surface area contributed by atoms with E-state index in [0.29, 0.717) is 6.04 Å². The maximum Gasteiger partial charge on any atom is 0.0378 e. The van der Waals surface area contributed by atoms with Gasteiger partial charge >= 0.3 is 0 Å². The summed E-state index contributed by atoms with van der Waals surface area (Å²) in [5.41, 5.74) is 1.36. The molecule has 1 aromatic carbocycles. The van der Waals surface area contributed by atoms with Crippen molar-refractivity contribution >= 4 is 17.4 Å². The van der Waals surface area contributed by atoms with Crippen LogP contribution in [0.3, 0.4) is 0 Å². The fraction of sp³-hybridized carbons (Fsp3) is 0.500. The minimum atomic E-state index is 0.594. The van der Waals surface area contributed by atoms with Crippen LogP contribution in [-0.4, -0.2) is 31.9 Å². The van der Waals surface area contributed by atoms with Crippen molar-refractivity contribution in [3.05, 3.63) is 24.3 Å². The van der Waals surface area contributed by atoms with Crippen molar-refractivity contribution < 1.29 is 0 Å². The van der Waals surface area contributed by atoms with Crippen LogP contribution < -0.4 is 10.2 Å². The minimum absolute atomic E-state index is 0.594. The number of hydrogen-bond acceptors (Lipinski definition) is 3. The molecular formula is C12H18N2S. The third-order valence-electron chi connectivity index (χ3n) is 2.79. The summed E-state index contributed by atoms with van der Waals surface area (Å²) in [5, 5.41) is 3.46. The van der Waals surface area contributed by atoms with E-state index in [0.717, 1.165) is 19.6 Å². The van der Waals surface area contributed by atoms with Gasteiger partial charge in [0.15, 0.2) is 0 Å². The van der Waals surface area contributed by atoms with Crippen LogP contribution in [0.4, 0.5) is 5.69 Å². The first-order chi connectivity index (χ1) is 7.29. The molecule has 0 aliphatic carbocycles. The standard InChI is InChI=1S/C12H18N2S/c1-10-9-14(7-6-13-10)11-4-3-5-12(8-11)15-2/h3-5,8,10,13H,6-7,9H2,1-2H3. The smallest absolute Gasteiger partial charge is 0.0378 e. The Kier molecular flexibility index (Phi) is 3.54. The summed E-state index contributed by atoms with van der Waals surface area (Å²) in [6.45, 7) is 5.55. The first-order valence-corrected chi connectivity index (χ1v) is 6.64. The molecule has 0 spiro atoms. The summed E-state index contributed by atoms with van der Waals surface area (Å²) in [4.78, 5) is 3.81. The number of nitrogens with zero attached hydrogens (tertiary/aromatic N) is 1. The first kappa shape index (κ1) is 10.8. The summed E-state index contributed by atoms with van der Waals surface area (Å²) in [7, 11) is 0. The van der Waals surface area contributed by atoms with Crippen molar-refractivity contribution in [1.29, 1.82) is 0 Å². The molecule has 2 nitrogen and oxygen atoms in total. The van der Waals surface area contributed by atoms with Gasteiger partial charge in [-0.15, -0.1) is 11.8 Å². The highest BCUT2D eigenvalue weighted by molar-refractivity contribution is 7.98. The van der Waals surface area contributed by atoms with E-state index >= 15 is 0 Å². The average Bonchev–Trinajstić information content (AvgIpc) is 2.29. The van der Waals surface area contributed by atoms with E-state index in [1.807, 2.05) is 0 Å². The second-order valence-corrected chi connectivity index (χ2v) is 4.88. The number of rotatable bonds is 2. The molecule has 3 heteroatoms. The lowest BCUT2D eigenvalue weighted by Crippen LogP contribution is -2.49. The maximum absolute atomic E-state index is 3.46. The molecule has 1 fully saturated rings. The zero-order valence-electron chi connectivity index (χ0n) is 9.36. The van der Waals surface area contributed by atoms with E-state index in [1.165, 1.54) is 10.6 Å². The van der Waals surface area contributed by atoms with Crippen LogP contribution in [0.25, 0.3) is 0 Å². The summed E-state index contributed by atoms with van der Waals surface area (Å²) < 4.78 is 0. The zero-order valence-corrected chi connectivity index (χ0v) is 10.2. The molecule has 1 aliphatic heterocycles. The zero-order chi connectivity index (χ0) is 10.7.